The van der Waals surface area contributed by atoms with Crippen molar-refractivity contribution in [3.8, 4) is 0 Å². The van der Waals surface area contributed by atoms with Gasteiger partial charge < -0.3 is 10.4 Å². The maximum absolute atomic E-state index is 11.2. The van der Waals surface area contributed by atoms with Gasteiger partial charge in [-0.25, -0.2) is 9.78 Å². The fourth-order valence-corrected chi connectivity index (χ4v) is 2.76. The zero-order chi connectivity index (χ0) is 15.4. The summed E-state index contributed by atoms with van der Waals surface area (Å²) < 4.78 is 0. The number of rotatable bonds is 6. The number of carboxylic acids is 1. The molecular weight excluding hydrogens is 264 g/mol. The quantitative estimate of drug-likeness (QED) is 0.836. The highest BCUT2D eigenvalue weighted by molar-refractivity contribution is 5.97. The summed E-state index contributed by atoms with van der Waals surface area (Å²) in [6.07, 6.45) is 2.19. The third kappa shape index (κ3) is 3.32. The summed E-state index contributed by atoms with van der Waals surface area (Å²) >= 11 is 0. The lowest BCUT2D eigenvalue weighted by Crippen LogP contribution is -2.25. The van der Waals surface area contributed by atoms with Crippen LogP contribution in [0.2, 0.25) is 0 Å². The minimum atomic E-state index is -1.00. The minimum Gasteiger partial charge on any atom is -0.477 e. The Labute approximate surface area is 125 Å². The molecule has 0 aliphatic rings. The zero-order valence-corrected chi connectivity index (χ0v) is 12.8. The predicted molar refractivity (Wildman–Crippen MR) is 85.9 cm³/mol. The molecule has 4 heteroatoms. The Hall–Kier alpha value is -2.10. The van der Waals surface area contributed by atoms with Gasteiger partial charge in [0.25, 0.3) is 0 Å². The number of fused-ring (bicyclic) bond motifs is 1. The van der Waals surface area contributed by atoms with Crippen molar-refractivity contribution in [2.45, 2.75) is 39.7 Å². The van der Waals surface area contributed by atoms with E-state index >= 15 is 0 Å². The molecule has 0 spiro atoms. The average molecular weight is 286 g/mol. The molecule has 4 nitrogen and oxygen atoms in total. The van der Waals surface area contributed by atoms with Crippen molar-refractivity contribution >= 4 is 22.6 Å². The van der Waals surface area contributed by atoms with Crippen LogP contribution in [-0.2, 0) is 0 Å². The van der Waals surface area contributed by atoms with Crippen molar-refractivity contribution in [1.82, 2.24) is 4.98 Å². The van der Waals surface area contributed by atoms with Crippen LogP contribution < -0.4 is 5.32 Å². The van der Waals surface area contributed by atoms with Gasteiger partial charge in [-0.1, -0.05) is 44.9 Å². The van der Waals surface area contributed by atoms with Crippen LogP contribution >= 0.6 is 0 Å². The molecule has 0 saturated heterocycles. The van der Waals surface area contributed by atoms with E-state index in [0.29, 0.717) is 11.4 Å². The highest BCUT2D eigenvalue weighted by atomic mass is 16.4. The van der Waals surface area contributed by atoms with E-state index in [-0.39, 0.29) is 11.7 Å². The molecule has 2 N–H and O–H groups in total. The van der Waals surface area contributed by atoms with Crippen LogP contribution in [0.15, 0.2) is 30.3 Å². The molecule has 1 aromatic heterocycles. The number of nitrogens with one attached hydrogen (secondary N) is 1. The van der Waals surface area contributed by atoms with Gasteiger partial charge in [-0.3, -0.25) is 0 Å². The van der Waals surface area contributed by atoms with E-state index in [1.165, 1.54) is 0 Å². The molecule has 0 bridgehead atoms. The Kier molecular flexibility index (Phi) is 4.78. The first kappa shape index (κ1) is 15.3. The summed E-state index contributed by atoms with van der Waals surface area (Å²) in [6.45, 7) is 6.51. The number of hydrogen-bond donors (Lipinski definition) is 2. The van der Waals surface area contributed by atoms with Gasteiger partial charge in [-0.2, -0.15) is 0 Å². The van der Waals surface area contributed by atoms with E-state index in [9.17, 15) is 9.90 Å². The van der Waals surface area contributed by atoms with Gasteiger partial charge >= 0.3 is 5.97 Å². The van der Waals surface area contributed by atoms with E-state index in [4.69, 9.17) is 0 Å². The Bertz CT molecular complexity index is 636. The number of carbonyl (C=O) groups is 1. The normalized spacial score (nSPS) is 12.6. The molecule has 0 radical (unpaired) electrons. The lowest BCUT2D eigenvalue weighted by Gasteiger charge is -2.24. The number of para-hydroxylation sites is 1. The molecule has 0 aliphatic carbocycles. The summed E-state index contributed by atoms with van der Waals surface area (Å²) in [6, 6.07) is 9.54. The molecule has 112 valence electrons. The van der Waals surface area contributed by atoms with Gasteiger partial charge in [0.15, 0.2) is 5.69 Å². The number of nitrogens with zero attached hydrogens (tertiary/aromatic N) is 1. The lowest BCUT2D eigenvalue weighted by molar-refractivity contribution is 0.0691. The van der Waals surface area contributed by atoms with Crippen LogP contribution in [0.1, 0.15) is 44.1 Å². The Morgan fingerprint density at radius 1 is 1.29 bits per heavy atom. The summed E-state index contributed by atoms with van der Waals surface area (Å²) in [7, 11) is 0. The highest BCUT2D eigenvalue weighted by Crippen LogP contribution is 2.26. The predicted octanol–water partition coefficient (Wildman–Crippen LogP) is 4.17. The number of anilines is 1. The van der Waals surface area contributed by atoms with Crippen LogP contribution in [0.25, 0.3) is 10.9 Å². The zero-order valence-electron chi connectivity index (χ0n) is 12.8. The first-order valence-electron chi connectivity index (χ1n) is 7.46. The molecule has 1 aromatic carbocycles. The molecule has 1 unspecified atom stereocenters. The Balaban J connectivity index is 2.44. The molecule has 1 heterocycles. The van der Waals surface area contributed by atoms with Crippen LogP contribution in [0.4, 0.5) is 5.69 Å². The number of carboxylic acid groups (broad SMARTS) is 1. The third-order valence-electron chi connectivity index (χ3n) is 4.07. The SMILES string of the molecule is CCC(CC)C(C)Nc1cc(C(=O)O)nc2ccccc12. The molecule has 0 fully saturated rings. The number of pyridine rings is 1. The topological polar surface area (TPSA) is 62.2 Å². The standard InChI is InChI=1S/C17H22N2O2/c1-4-12(5-2)11(3)18-15-10-16(17(20)21)19-14-9-7-6-8-13(14)15/h6-12H,4-5H2,1-3H3,(H,18,19)(H,20,21). The first-order chi connectivity index (χ1) is 10.1. The second kappa shape index (κ2) is 6.57. The Morgan fingerprint density at radius 3 is 2.57 bits per heavy atom. The van der Waals surface area contributed by atoms with Crippen LogP contribution in [0.5, 0.6) is 0 Å². The molecule has 2 rings (SSSR count). The fourth-order valence-electron chi connectivity index (χ4n) is 2.76. The number of aromatic carboxylic acids is 1. The van der Waals surface area contributed by atoms with Crippen LogP contribution in [0, 0.1) is 5.92 Å². The van der Waals surface area contributed by atoms with E-state index in [1.54, 1.807) is 6.07 Å². The van der Waals surface area contributed by atoms with Gasteiger partial charge in [-0.05, 0) is 25.0 Å². The number of benzene rings is 1. The van der Waals surface area contributed by atoms with Gasteiger partial charge in [0, 0.05) is 17.1 Å². The van der Waals surface area contributed by atoms with Crippen molar-refractivity contribution in [2.75, 3.05) is 5.32 Å². The summed E-state index contributed by atoms with van der Waals surface area (Å²) in [5.74, 6) is -0.441. The molecule has 0 aliphatic heterocycles. The second-order valence-corrected chi connectivity index (χ2v) is 5.39. The maximum Gasteiger partial charge on any atom is 0.354 e. The van der Waals surface area contributed by atoms with Gasteiger partial charge in [0.2, 0.25) is 0 Å². The maximum atomic E-state index is 11.2. The van der Waals surface area contributed by atoms with E-state index < -0.39 is 5.97 Å². The van der Waals surface area contributed by atoms with E-state index in [2.05, 4.69) is 31.1 Å². The summed E-state index contributed by atoms with van der Waals surface area (Å²) in [4.78, 5) is 15.4. The van der Waals surface area contributed by atoms with E-state index in [0.717, 1.165) is 23.9 Å². The number of hydrogen-bond acceptors (Lipinski definition) is 3. The van der Waals surface area contributed by atoms with E-state index in [1.807, 2.05) is 24.3 Å². The molecule has 0 amide bonds. The van der Waals surface area contributed by atoms with Crippen molar-refractivity contribution in [3.63, 3.8) is 0 Å². The highest BCUT2D eigenvalue weighted by Gasteiger charge is 2.16. The third-order valence-corrected chi connectivity index (χ3v) is 4.07. The van der Waals surface area contributed by atoms with Gasteiger partial charge in [0.1, 0.15) is 0 Å². The van der Waals surface area contributed by atoms with Gasteiger partial charge in [0.05, 0.1) is 5.52 Å². The smallest absolute Gasteiger partial charge is 0.354 e. The molecule has 0 saturated carbocycles. The summed E-state index contributed by atoms with van der Waals surface area (Å²) in [5, 5.41) is 13.7. The minimum absolute atomic E-state index is 0.0768. The van der Waals surface area contributed by atoms with Crippen molar-refractivity contribution in [1.29, 1.82) is 0 Å². The molecular formula is C17H22N2O2. The lowest BCUT2D eigenvalue weighted by atomic mass is 9.95. The second-order valence-electron chi connectivity index (χ2n) is 5.39. The van der Waals surface area contributed by atoms with Crippen molar-refractivity contribution in [2.24, 2.45) is 5.92 Å². The fraction of sp³-hybridized carbons (Fsp3) is 0.412. The van der Waals surface area contributed by atoms with Gasteiger partial charge in [-0.15, -0.1) is 0 Å². The van der Waals surface area contributed by atoms with Crippen molar-refractivity contribution in [3.05, 3.63) is 36.0 Å². The first-order valence-corrected chi connectivity index (χ1v) is 7.46. The number of aromatic nitrogens is 1. The Morgan fingerprint density at radius 2 is 1.95 bits per heavy atom. The van der Waals surface area contributed by atoms with Crippen molar-refractivity contribution < 1.29 is 9.90 Å². The monoisotopic (exact) mass is 286 g/mol. The van der Waals surface area contributed by atoms with Crippen LogP contribution in [0.3, 0.4) is 0 Å². The molecule has 21 heavy (non-hydrogen) atoms. The summed E-state index contributed by atoms with van der Waals surface area (Å²) in [5.41, 5.74) is 1.63. The molecule has 1 atom stereocenters. The van der Waals surface area contributed by atoms with Crippen LogP contribution in [-0.4, -0.2) is 22.1 Å². The molecule has 2 aromatic rings. The largest absolute Gasteiger partial charge is 0.477 e. The average Bonchev–Trinajstić information content (AvgIpc) is 2.48.